The van der Waals surface area contributed by atoms with Crippen LogP contribution in [0.25, 0.3) is 0 Å². The van der Waals surface area contributed by atoms with Gasteiger partial charge in [0.2, 0.25) is 12.6 Å². The number of carbonyl (C=O) groups is 2. The third kappa shape index (κ3) is 9.36. The van der Waals surface area contributed by atoms with Gasteiger partial charge in [0.1, 0.15) is 48.8 Å². The van der Waals surface area contributed by atoms with Gasteiger partial charge < -0.3 is 70.8 Å². The average molecular weight is 476 g/mol. The van der Waals surface area contributed by atoms with Crippen molar-refractivity contribution in [3.8, 4) is 0 Å². The van der Waals surface area contributed by atoms with E-state index in [0.717, 1.165) is 0 Å². The summed E-state index contributed by atoms with van der Waals surface area (Å²) in [6.07, 6.45) is -21.5. The molecule has 0 aromatic heterocycles. The van der Waals surface area contributed by atoms with E-state index in [-0.39, 0.29) is 0 Å². The maximum Gasteiger partial charge on any atom is 0.333 e. The molecule has 0 amide bonds. The maximum atomic E-state index is 11.5. The Morgan fingerprint density at radius 1 is 0.531 bits per heavy atom. The standard InChI is InChI=1S/C16H28O16/c17-3-5(19)9(23)11(25)13(27)15(29)31-7(21)1-2-8(22)32-16(30)14(28)12(26)10(24)6(20)4-18/h1-2,5-6,9-20,23-30H,3-4H2/b2-1-/t5-,6-,9-,10-,11+,12+,13+,14+,15?,16?/m1/s1. The summed E-state index contributed by atoms with van der Waals surface area (Å²) in [5.41, 5.74) is 0. The Hall–Kier alpha value is -1.80. The van der Waals surface area contributed by atoms with Crippen LogP contribution in [0.3, 0.4) is 0 Å². The Morgan fingerprint density at radius 2 is 0.812 bits per heavy atom. The Bertz CT molecular complexity index is 549. The normalized spacial score (nSPS) is 21.5. The third-order valence-electron chi connectivity index (χ3n) is 3.98. The van der Waals surface area contributed by atoms with Crippen LogP contribution >= 0.6 is 0 Å². The fourth-order valence-corrected chi connectivity index (χ4v) is 2.00. The number of hydrogen-bond donors (Lipinski definition) is 12. The number of carbonyl (C=O) groups excluding carboxylic acids is 2. The van der Waals surface area contributed by atoms with Gasteiger partial charge in [-0.15, -0.1) is 0 Å². The minimum Gasteiger partial charge on any atom is -0.430 e. The van der Waals surface area contributed by atoms with Crippen LogP contribution in [0, 0.1) is 0 Å². The second-order valence-electron chi connectivity index (χ2n) is 6.43. The SMILES string of the molecule is O=C(/C=C\C(=O)OC(O)[C@@H](O)[C@@H](O)[C@H](O)[C@H](O)CO)OC(O)[C@@H](O)[C@@H](O)[C@H](O)[C@H](O)CO. The molecule has 16 nitrogen and oxygen atoms in total. The molecule has 0 fully saturated rings. The predicted molar refractivity (Wildman–Crippen MR) is 95.6 cm³/mol. The first-order valence-corrected chi connectivity index (χ1v) is 8.90. The number of hydrogen-bond acceptors (Lipinski definition) is 16. The Balaban J connectivity index is 4.73. The van der Waals surface area contributed by atoms with Crippen LogP contribution < -0.4 is 0 Å². The van der Waals surface area contributed by atoms with Gasteiger partial charge in [-0.05, 0) is 0 Å². The highest BCUT2D eigenvalue weighted by Crippen LogP contribution is 2.11. The van der Waals surface area contributed by atoms with Crippen molar-refractivity contribution in [1.29, 1.82) is 0 Å². The van der Waals surface area contributed by atoms with Crippen molar-refractivity contribution in [2.45, 2.75) is 61.4 Å². The molecule has 0 aromatic rings. The first kappa shape index (κ1) is 30.2. The maximum absolute atomic E-state index is 11.5. The summed E-state index contributed by atoms with van der Waals surface area (Å²) in [6.45, 7) is -1.99. The Morgan fingerprint density at radius 3 is 1.06 bits per heavy atom. The van der Waals surface area contributed by atoms with Crippen molar-refractivity contribution in [2.75, 3.05) is 13.2 Å². The molecule has 0 rings (SSSR count). The number of rotatable bonds is 14. The lowest BCUT2D eigenvalue weighted by Gasteiger charge is -2.28. The quantitative estimate of drug-likeness (QED) is 0.0629. The highest BCUT2D eigenvalue weighted by molar-refractivity contribution is 5.91. The van der Waals surface area contributed by atoms with Gasteiger partial charge >= 0.3 is 11.9 Å². The molecule has 0 aliphatic rings. The lowest BCUT2D eigenvalue weighted by Crippen LogP contribution is -2.51. The van der Waals surface area contributed by atoms with Gasteiger partial charge in [-0.25, -0.2) is 9.59 Å². The fourth-order valence-electron chi connectivity index (χ4n) is 2.00. The van der Waals surface area contributed by atoms with Gasteiger partial charge in [-0.1, -0.05) is 0 Å². The summed E-state index contributed by atoms with van der Waals surface area (Å²) in [6, 6.07) is 0. The van der Waals surface area contributed by atoms with E-state index in [1.54, 1.807) is 0 Å². The van der Waals surface area contributed by atoms with Crippen molar-refractivity contribution in [3.05, 3.63) is 12.2 Å². The monoisotopic (exact) mass is 476 g/mol. The van der Waals surface area contributed by atoms with Crippen LogP contribution in [-0.4, -0.2) is 148 Å². The number of esters is 2. The van der Waals surface area contributed by atoms with E-state index >= 15 is 0 Å². The van der Waals surface area contributed by atoms with Crippen molar-refractivity contribution in [2.24, 2.45) is 0 Å². The van der Waals surface area contributed by atoms with Gasteiger partial charge in [-0.3, -0.25) is 0 Å². The molecule has 0 aliphatic carbocycles. The molecule has 0 spiro atoms. The van der Waals surface area contributed by atoms with Crippen LogP contribution in [0.5, 0.6) is 0 Å². The minimum absolute atomic E-state index is 0.309. The molecular formula is C16H28O16. The first-order chi connectivity index (χ1) is 14.8. The molecular weight excluding hydrogens is 448 g/mol. The van der Waals surface area contributed by atoms with E-state index in [4.69, 9.17) is 20.4 Å². The lowest BCUT2D eigenvalue weighted by atomic mass is 10.0. The van der Waals surface area contributed by atoms with Gasteiger partial charge in [0.05, 0.1) is 13.2 Å². The molecule has 0 heterocycles. The van der Waals surface area contributed by atoms with E-state index in [1.165, 1.54) is 0 Å². The smallest absolute Gasteiger partial charge is 0.333 e. The van der Waals surface area contributed by atoms with Crippen molar-refractivity contribution >= 4 is 11.9 Å². The van der Waals surface area contributed by atoms with Crippen LogP contribution in [-0.2, 0) is 19.1 Å². The molecule has 0 radical (unpaired) electrons. The molecule has 2 unspecified atom stereocenters. The van der Waals surface area contributed by atoms with Crippen molar-refractivity contribution in [1.82, 2.24) is 0 Å². The van der Waals surface area contributed by atoms with Crippen LogP contribution in [0.15, 0.2) is 12.2 Å². The second kappa shape index (κ2) is 14.4. The molecule has 10 atom stereocenters. The van der Waals surface area contributed by atoms with Gasteiger partial charge in [0.15, 0.2) is 0 Å². The van der Waals surface area contributed by atoms with Crippen LogP contribution in [0.2, 0.25) is 0 Å². The van der Waals surface area contributed by atoms with Crippen molar-refractivity contribution in [3.63, 3.8) is 0 Å². The highest BCUT2D eigenvalue weighted by Gasteiger charge is 2.37. The Labute approximate surface area is 180 Å². The van der Waals surface area contributed by atoms with Gasteiger partial charge in [0, 0.05) is 12.2 Å². The zero-order chi connectivity index (χ0) is 25.2. The summed E-state index contributed by atoms with van der Waals surface area (Å²) in [5.74, 6) is -3.01. The average Bonchev–Trinajstić information content (AvgIpc) is 2.78. The minimum atomic E-state index is -2.46. The molecule has 0 aromatic carbocycles. The first-order valence-electron chi connectivity index (χ1n) is 8.90. The molecule has 0 bridgehead atoms. The Kier molecular flexibility index (Phi) is 13.6. The molecule has 0 saturated carbocycles. The van der Waals surface area contributed by atoms with Crippen LogP contribution in [0.1, 0.15) is 0 Å². The second-order valence-corrected chi connectivity index (χ2v) is 6.43. The molecule has 0 aliphatic heterocycles. The zero-order valence-electron chi connectivity index (χ0n) is 16.3. The zero-order valence-corrected chi connectivity index (χ0v) is 16.3. The third-order valence-corrected chi connectivity index (χ3v) is 3.98. The van der Waals surface area contributed by atoms with E-state index in [0.29, 0.717) is 12.2 Å². The largest absolute Gasteiger partial charge is 0.430 e. The predicted octanol–water partition coefficient (Wildman–Crippen LogP) is -7.86. The summed E-state index contributed by atoms with van der Waals surface area (Å²) in [4.78, 5) is 23.0. The number of aliphatic hydroxyl groups is 12. The molecule has 16 heteroatoms. The summed E-state index contributed by atoms with van der Waals surface area (Å²) >= 11 is 0. The molecule has 188 valence electrons. The highest BCUT2D eigenvalue weighted by atomic mass is 16.7. The number of aliphatic hydroxyl groups excluding tert-OH is 12. The van der Waals surface area contributed by atoms with Crippen molar-refractivity contribution < 1.29 is 80.3 Å². The number of ether oxygens (including phenoxy) is 2. The van der Waals surface area contributed by atoms with Gasteiger partial charge in [-0.2, -0.15) is 0 Å². The molecule has 12 N–H and O–H groups in total. The van der Waals surface area contributed by atoms with E-state index in [9.17, 15) is 50.4 Å². The van der Waals surface area contributed by atoms with E-state index in [1.807, 2.05) is 0 Å². The van der Waals surface area contributed by atoms with Gasteiger partial charge in [0.25, 0.3) is 0 Å². The van der Waals surface area contributed by atoms with Crippen LogP contribution in [0.4, 0.5) is 0 Å². The topological polar surface area (TPSA) is 295 Å². The van der Waals surface area contributed by atoms with E-state index in [2.05, 4.69) is 9.47 Å². The fraction of sp³-hybridized carbons (Fsp3) is 0.750. The molecule has 0 saturated heterocycles. The van der Waals surface area contributed by atoms with E-state index < -0.39 is 86.6 Å². The summed E-state index contributed by atoms with van der Waals surface area (Å²) < 4.78 is 8.46. The molecule has 32 heavy (non-hydrogen) atoms. The summed E-state index contributed by atoms with van der Waals surface area (Å²) in [5, 5.41) is 112. The lowest BCUT2D eigenvalue weighted by molar-refractivity contribution is -0.212. The summed E-state index contributed by atoms with van der Waals surface area (Å²) in [7, 11) is 0.